The van der Waals surface area contributed by atoms with Gasteiger partial charge in [-0.3, -0.25) is 9.69 Å². The number of nitrogens with two attached hydrogens (primary N) is 1. The number of hydrogen-bond donors (Lipinski definition) is 2. The summed E-state index contributed by atoms with van der Waals surface area (Å²) in [5.41, 5.74) is 9.33. The molecule has 1 fully saturated rings. The number of pyridine rings is 2. The van der Waals surface area contributed by atoms with Crippen LogP contribution in [0.25, 0.3) is 22.3 Å². The Hall–Kier alpha value is -4.16. The number of aromatic nitrogens is 4. The minimum absolute atomic E-state index is 0.0314. The van der Waals surface area contributed by atoms with E-state index in [9.17, 15) is 13.6 Å². The van der Waals surface area contributed by atoms with Gasteiger partial charge in [0.25, 0.3) is 5.91 Å². The SMILES string of the molecule is CN1Cc2nc(Nc3cc(OC(F)F)c(-c4cccc5c4ncn5C)nc3C(N)=O)ccc2C12CCOCC2. The summed E-state index contributed by atoms with van der Waals surface area (Å²) in [6.07, 6.45) is 3.35. The number of carbonyl (C=O) groups is 1. The van der Waals surface area contributed by atoms with Crippen LogP contribution in [0.3, 0.4) is 0 Å². The minimum atomic E-state index is -3.12. The van der Waals surface area contributed by atoms with Crippen molar-refractivity contribution in [3.8, 4) is 17.0 Å². The largest absolute Gasteiger partial charge is 0.432 e. The maximum atomic E-state index is 13.5. The van der Waals surface area contributed by atoms with E-state index in [0.29, 0.717) is 36.7 Å². The molecule has 1 amide bonds. The van der Waals surface area contributed by atoms with E-state index in [1.807, 2.05) is 19.2 Å². The second-order valence-corrected chi connectivity index (χ2v) is 9.82. The monoisotopic (exact) mass is 535 g/mol. The maximum absolute atomic E-state index is 13.5. The van der Waals surface area contributed by atoms with Crippen molar-refractivity contribution in [3.05, 3.63) is 59.7 Å². The summed E-state index contributed by atoms with van der Waals surface area (Å²) in [6.45, 7) is -1.10. The number of benzene rings is 1. The summed E-state index contributed by atoms with van der Waals surface area (Å²) >= 11 is 0. The summed E-state index contributed by atoms with van der Waals surface area (Å²) in [4.78, 5) is 28.4. The third-order valence-corrected chi connectivity index (χ3v) is 7.62. The number of hydrogen-bond acceptors (Lipinski definition) is 8. The number of fused-ring (bicyclic) bond motifs is 3. The van der Waals surface area contributed by atoms with Crippen molar-refractivity contribution >= 4 is 28.4 Å². The number of imidazole rings is 1. The van der Waals surface area contributed by atoms with Crippen LogP contribution >= 0.6 is 0 Å². The predicted octanol–water partition coefficient (Wildman–Crippen LogP) is 3.93. The van der Waals surface area contributed by atoms with E-state index in [4.69, 9.17) is 20.2 Å². The van der Waals surface area contributed by atoms with Crippen molar-refractivity contribution in [1.82, 2.24) is 24.4 Å². The molecule has 0 atom stereocenters. The fourth-order valence-corrected chi connectivity index (χ4v) is 5.70. The Kier molecular flexibility index (Phi) is 6.15. The van der Waals surface area contributed by atoms with Crippen molar-refractivity contribution in [2.24, 2.45) is 12.8 Å². The third kappa shape index (κ3) is 4.25. The van der Waals surface area contributed by atoms with E-state index in [2.05, 4.69) is 27.2 Å². The first-order valence-corrected chi connectivity index (χ1v) is 12.5. The number of alkyl halides is 2. The van der Waals surface area contributed by atoms with Gasteiger partial charge in [-0.1, -0.05) is 18.2 Å². The molecule has 0 unspecified atom stereocenters. The molecule has 202 valence electrons. The number of rotatable bonds is 6. The number of primary amides is 1. The number of ether oxygens (including phenoxy) is 2. The second-order valence-electron chi connectivity index (χ2n) is 9.82. The zero-order valence-corrected chi connectivity index (χ0v) is 21.4. The topological polar surface area (TPSA) is 120 Å². The molecule has 2 aliphatic rings. The highest BCUT2D eigenvalue weighted by molar-refractivity contribution is 6.00. The highest BCUT2D eigenvalue weighted by Crippen LogP contribution is 2.45. The Morgan fingerprint density at radius 3 is 2.72 bits per heavy atom. The lowest BCUT2D eigenvalue weighted by molar-refractivity contribution is -0.0496. The Bertz CT molecular complexity index is 1580. The van der Waals surface area contributed by atoms with Gasteiger partial charge in [0.1, 0.15) is 11.5 Å². The van der Waals surface area contributed by atoms with Crippen LogP contribution in [0.15, 0.2) is 42.7 Å². The fraction of sp³-hybridized carbons (Fsp3) is 0.333. The molecule has 0 bridgehead atoms. The lowest BCUT2D eigenvalue weighted by Gasteiger charge is -2.40. The number of halogens is 2. The smallest absolute Gasteiger partial charge is 0.387 e. The summed E-state index contributed by atoms with van der Waals surface area (Å²) in [6, 6.07) is 10.4. The summed E-state index contributed by atoms with van der Waals surface area (Å²) < 4.78 is 39.3. The lowest BCUT2D eigenvalue weighted by Crippen LogP contribution is -2.43. The Morgan fingerprint density at radius 2 is 1.97 bits per heavy atom. The van der Waals surface area contributed by atoms with Gasteiger partial charge in [-0.05, 0) is 37.6 Å². The van der Waals surface area contributed by atoms with Gasteiger partial charge >= 0.3 is 6.61 Å². The van der Waals surface area contributed by atoms with Gasteiger partial charge in [-0.2, -0.15) is 8.78 Å². The summed E-state index contributed by atoms with van der Waals surface area (Å²) in [5, 5.41) is 3.06. The Morgan fingerprint density at radius 1 is 1.18 bits per heavy atom. The first kappa shape index (κ1) is 25.1. The van der Waals surface area contributed by atoms with Crippen LogP contribution in [0.4, 0.5) is 20.3 Å². The normalized spacial score (nSPS) is 16.6. The average Bonchev–Trinajstić information content (AvgIpc) is 3.41. The zero-order chi connectivity index (χ0) is 27.3. The quantitative estimate of drug-likeness (QED) is 0.381. The Labute approximate surface area is 222 Å². The van der Waals surface area contributed by atoms with Gasteiger partial charge in [-0.25, -0.2) is 15.0 Å². The molecule has 39 heavy (non-hydrogen) atoms. The summed E-state index contributed by atoms with van der Waals surface area (Å²) in [5.74, 6) is -0.631. The van der Waals surface area contributed by atoms with Crippen LogP contribution in [-0.2, 0) is 23.9 Å². The molecule has 5 heterocycles. The average molecular weight is 536 g/mol. The van der Waals surface area contributed by atoms with Gasteiger partial charge in [-0.15, -0.1) is 0 Å². The number of carbonyl (C=O) groups excluding carboxylic acids is 1. The van der Waals surface area contributed by atoms with Gasteiger partial charge in [0.15, 0.2) is 11.4 Å². The number of nitrogens with zero attached hydrogens (tertiary/aromatic N) is 5. The van der Waals surface area contributed by atoms with Crippen molar-refractivity contribution in [1.29, 1.82) is 0 Å². The van der Waals surface area contributed by atoms with Crippen LogP contribution in [0.1, 0.15) is 34.6 Å². The molecule has 10 nitrogen and oxygen atoms in total. The summed E-state index contributed by atoms with van der Waals surface area (Å²) in [7, 11) is 3.89. The van der Waals surface area contributed by atoms with Gasteiger partial charge in [0, 0.05) is 38.4 Å². The molecule has 1 saturated heterocycles. The van der Waals surface area contributed by atoms with E-state index in [1.165, 1.54) is 6.07 Å². The van der Waals surface area contributed by atoms with Crippen LogP contribution in [0.2, 0.25) is 0 Å². The molecule has 6 rings (SSSR count). The molecule has 0 saturated carbocycles. The van der Waals surface area contributed by atoms with Crippen molar-refractivity contribution in [3.63, 3.8) is 0 Å². The molecule has 12 heteroatoms. The van der Waals surface area contributed by atoms with Crippen LogP contribution < -0.4 is 15.8 Å². The molecule has 4 aromatic rings. The lowest BCUT2D eigenvalue weighted by atomic mass is 9.84. The van der Waals surface area contributed by atoms with E-state index in [1.54, 1.807) is 29.1 Å². The molecular weight excluding hydrogens is 508 g/mol. The number of para-hydroxylation sites is 1. The zero-order valence-electron chi connectivity index (χ0n) is 21.4. The first-order valence-electron chi connectivity index (χ1n) is 12.5. The fourth-order valence-electron chi connectivity index (χ4n) is 5.70. The molecule has 1 aromatic carbocycles. The molecule has 3 N–H and O–H groups in total. The van der Waals surface area contributed by atoms with E-state index < -0.39 is 12.5 Å². The van der Waals surface area contributed by atoms with E-state index in [-0.39, 0.29) is 28.4 Å². The Balaban J connectivity index is 1.42. The molecule has 0 radical (unpaired) electrons. The van der Waals surface area contributed by atoms with Crippen LogP contribution in [0, 0.1) is 0 Å². The number of anilines is 2. The van der Waals surface area contributed by atoms with Gasteiger partial charge in [0.2, 0.25) is 0 Å². The number of aryl methyl sites for hydroxylation is 1. The molecule has 0 aliphatic carbocycles. The maximum Gasteiger partial charge on any atom is 0.387 e. The van der Waals surface area contributed by atoms with Crippen molar-refractivity contribution in [2.45, 2.75) is 31.5 Å². The van der Waals surface area contributed by atoms with Crippen LogP contribution in [-0.4, -0.2) is 57.2 Å². The van der Waals surface area contributed by atoms with Gasteiger partial charge < -0.3 is 25.1 Å². The highest BCUT2D eigenvalue weighted by Gasteiger charge is 2.45. The third-order valence-electron chi connectivity index (χ3n) is 7.62. The standard InChI is InChI=1S/C27H27F2N7O3/c1-35-14-31-22-15(4-3-5-19(22)35)23-20(39-26(28)29)12-17(24(34-23)25(30)37)32-21-7-6-16-18(33-21)13-36(2)27(16)8-10-38-11-9-27/h3-7,12,14,26H,8-11,13H2,1-2H3,(H2,30,37)(H,32,33). The number of nitrogens with one attached hydrogen (secondary N) is 1. The predicted molar refractivity (Wildman–Crippen MR) is 140 cm³/mol. The van der Waals surface area contributed by atoms with Crippen molar-refractivity contribution in [2.75, 3.05) is 25.6 Å². The first-order chi connectivity index (χ1) is 18.8. The molecule has 2 aliphatic heterocycles. The molecular formula is C27H27F2N7O3. The highest BCUT2D eigenvalue weighted by atomic mass is 19.3. The van der Waals surface area contributed by atoms with Crippen molar-refractivity contribution < 1.29 is 23.0 Å². The van der Waals surface area contributed by atoms with Gasteiger partial charge in [0.05, 0.1) is 34.3 Å². The number of amides is 1. The van der Waals surface area contributed by atoms with E-state index in [0.717, 1.165) is 29.6 Å². The minimum Gasteiger partial charge on any atom is -0.432 e. The van der Waals surface area contributed by atoms with Crippen LogP contribution in [0.5, 0.6) is 5.75 Å². The molecule has 3 aromatic heterocycles. The molecule has 1 spiro atoms. The second kappa shape index (κ2) is 9.54. The van der Waals surface area contributed by atoms with E-state index >= 15 is 0 Å².